The Labute approximate surface area is 171 Å². The quantitative estimate of drug-likeness (QED) is 0.585. The lowest BCUT2D eigenvalue weighted by Gasteiger charge is -2.07. The van der Waals surface area contributed by atoms with Crippen LogP contribution in [0.3, 0.4) is 0 Å². The van der Waals surface area contributed by atoms with Crippen LogP contribution in [0.4, 0.5) is 11.5 Å². The number of benzene rings is 2. The number of hydrogen-bond acceptors (Lipinski definition) is 5. The zero-order chi connectivity index (χ0) is 19.9. The van der Waals surface area contributed by atoms with Crippen molar-refractivity contribution in [3.63, 3.8) is 0 Å². The van der Waals surface area contributed by atoms with Crippen LogP contribution in [0.25, 0.3) is 0 Å². The third-order valence-corrected chi connectivity index (χ3v) is 5.05. The summed E-state index contributed by atoms with van der Waals surface area (Å²) in [6, 6.07) is 17.6. The van der Waals surface area contributed by atoms with E-state index in [-0.39, 0.29) is 17.6 Å². The monoisotopic (exact) mass is 412 g/mol. The molecule has 8 heteroatoms. The van der Waals surface area contributed by atoms with E-state index in [0.717, 1.165) is 5.56 Å². The average molecular weight is 413 g/mol. The van der Waals surface area contributed by atoms with Crippen LogP contribution in [0.1, 0.15) is 15.9 Å². The molecule has 0 unspecified atom stereocenters. The number of thioether (sulfide) groups is 1. The highest BCUT2D eigenvalue weighted by Gasteiger charge is 2.09. The zero-order valence-electron chi connectivity index (χ0n) is 15.0. The highest BCUT2D eigenvalue weighted by atomic mass is 35.5. The Morgan fingerprint density at radius 3 is 2.46 bits per heavy atom. The van der Waals surface area contributed by atoms with Crippen molar-refractivity contribution >= 4 is 46.7 Å². The maximum Gasteiger partial charge on any atom is 0.256 e. The predicted molar refractivity (Wildman–Crippen MR) is 112 cm³/mol. The molecule has 2 N–H and O–H groups in total. The zero-order valence-corrected chi connectivity index (χ0v) is 16.6. The van der Waals surface area contributed by atoms with Crippen LogP contribution in [0.5, 0.6) is 0 Å². The molecule has 142 valence electrons. The van der Waals surface area contributed by atoms with Crippen molar-refractivity contribution < 1.29 is 9.59 Å². The fraction of sp³-hybridized carbons (Fsp3) is 0.100. The van der Waals surface area contributed by atoms with Gasteiger partial charge in [0, 0.05) is 16.3 Å². The van der Waals surface area contributed by atoms with Crippen molar-refractivity contribution in [3.8, 4) is 0 Å². The molecule has 0 aliphatic carbocycles. The van der Waals surface area contributed by atoms with Crippen LogP contribution in [0, 0.1) is 6.92 Å². The first-order valence-electron chi connectivity index (χ1n) is 8.40. The van der Waals surface area contributed by atoms with Gasteiger partial charge in [-0.05, 0) is 48.9 Å². The fourth-order valence-electron chi connectivity index (χ4n) is 2.25. The van der Waals surface area contributed by atoms with Gasteiger partial charge in [-0.3, -0.25) is 9.59 Å². The summed E-state index contributed by atoms with van der Waals surface area (Å²) in [5, 5.41) is 14.6. The Balaban J connectivity index is 1.50. The average Bonchev–Trinajstić information content (AvgIpc) is 2.71. The lowest BCUT2D eigenvalue weighted by atomic mass is 10.2. The summed E-state index contributed by atoms with van der Waals surface area (Å²) in [6.07, 6.45) is 0. The summed E-state index contributed by atoms with van der Waals surface area (Å²) in [4.78, 5) is 24.2. The molecule has 1 heterocycles. The number of carbonyl (C=O) groups is 2. The molecule has 0 atom stereocenters. The van der Waals surface area contributed by atoms with E-state index in [1.807, 2.05) is 19.1 Å². The van der Waals surface area contributed by atoms with Crippen LogP contribution in [-0.4, -0.2) is 27.8 Å². The summed E-state index contributed by atoms with van der Waals surface area (Å²) in [5.41, 5.74) is 2.13. The number of nitrogens with one attached hydrogen (secondary N) is 2. The molecular formula is C20H17ClN4O2S. The summed E-state index contributed by atoms with van der Waals surface area (Å²) in [5.74, 6) is 0.0900. The molecule has 0 spiro atoms. The summed E-state index contributed by atoms with van der Waals surface area (Å²) in [7, 11) is 0. The molecule has 2 amide bonds. The smallest absolute Gasteiger partial charge is 0.256 e. The predicted octanol–water partition coefficient (Wildman–Crippen LogP) is 4.42. The van der Waals surface area contributed by atoms with Crippen LogP contribution in [0.15, 0.2) is 65.7 Å². The first-order valence-corrected chi connectivity index (χ1v) is 9.76. The Bertz CT molecular complexity index is 981. The second-order valence-electron chi connectivity index (χ2n) is 5.88. The topological polar surface area (TPSA) is 84.0 Å². The van der Waals surface area contributed by atoms with Gasteiger partial charge in [0.15, 0.2) is 5.82 Å². The molecular weight excluding hydrogens is 396 g/mol. The van der Waals surface area contributed by atoms with Gasteiger partial charge in [0.1, 0.15) is 5.03 Å². The van der Waals surface area contributed by atoms with Crippen molar-refractivity contribution in [2.24, 2.45) is 0 Å². The van der Waals surface area contributed by atoms with E-state index in [2.05, 4.69) is 20.8 Å². The molecule has 0 aliphatic heterocycles. The molecule has 1 aromatic heterocycles. The van der Waals surface area contributed by atoms with Gasteiger partial charge >= 0.3 is 0 Å². The van der Waals surface area contributed by atoms with Gasteiger partial charge in [-0.25, -0.2) is 0 Å². The molecule has 0 radical (unpaired) electrons. The second-order valence-corrected chi connectivity index (χ2v) is 7.28. The molecule has 0 aliphatic rings. The summed E-state index contributed by atoms with van der Waals surface area (Å²) in [6.45, 7) is 1.90. The minimum atomic E-state index is -0.258. The van der Waals surface area contributed by atoms with Gasteiger partial charge in [-0.1, -0.05) is 47.6 Å². The van der Waals surface area contributed by atoms with Gasteiger partial charge in [-0.2, -0.15) is 0 Å². The number of rotatable bonds is 6. The minimum Gasteiger partial charge on any atom is -0.325 e. The lowest BCUT2D eigenvalue weighted by Crippen LogP contribution is -2.14. The number of aryl methyl sites for hydroxylation is 1. The van der Waals surface area contributed by atoms with Crippen molar-refractivity contribution in [1.82, 2.24) is 10.2 Å². The molecule has 3 rings (SSSR count). The molecule has 6 nitrogen and oxygen atoms in total. The van der Waals surface area contributed by atoms with Gasteiger partial charge in [0.25, 0.3) is 5.91 Å². The van der Waals surface area contributed by atoms with Crippen molar-refractivity contribution in [2.75, 3.05) is 16.4 Å². The van der Waals surface area contributed by atoms with Crippen molar-refractivity contribution in [3.05, 3.63) is 76.8 Å². The second kappa shape index (κ2) is 9.34. The van der Waals surface area contributed by atoms with E-state index >= 15 is 0 Å². The Morgan fingerprint density at radius 1 is 1.00 bits per heavy atom. The normalized spacial score (nSPS) is 10.4. The highest BCUT2D eigenvalue weighted by molar-refractivity contribution is 7.99. The first-order chi connectivity index (χ1) is 13.5. The number of hydrogen-bond donors (Lipinski definition) is 2. The highest BCUT2D eigenvalue weighted by Crippen LogP contribution is 2.21. The standard InChI is InChI=1S/C20H17ClN4O2S/c1-13-7-8-15(11-16(13)21)22-18(26)12-28-19-10-9-17(24-25-19)23-20(27)14-5-3-2-4-6-14/h2-11H,12H2,1H3,(H,22,26)(H,23,24,27). The SMILES string of the molecule is Cc1ccc(NC(=O)CSc2ccc(NC(=O)c3ccccc3)nn2)cc1Cl. The molecule has 2 aromatic carbocycles. The van der Waals surface area contributed by atoms with Crippen LogP contribution in [0.2, 0.25) is 5.02 Å². The van der Waals surface area contributed by atoms with E-state index in [1.54, 1.807) is 48.5 Å². The molecule has 0 bridgehead atoms. The van der Waals surface area contributed by atoms with Gasteiger partial charge in [0.2, 0.25) is 5.91 Å². The Morgan fingerprint density at radius 2 is 1.79 bits per heavy atom. The first kappa shape index (κ1) is 19.9. The van der Waals surface area contributed by atoms with Crippen molar-refractivity contribution in [2.45, 2.75) is 11.9 Å². The van der Waals surface area contributed by atoms with Gasteiger partial charge < -0.3 is 10.6 Å². The van der Waals surface area contributed by atoms with E-state index in [1.165, 1.54) is 11.8 Å². The van der Waals surface area contributed by atoms with E-state index in [4.69, 9.17) is 11.6 Å². The third-order valence-electron chi connectivity index (χ3n) is 3.72. The number of nitrogens with zero attached hydrogens (tertiary/aromatic N) is 2. The number of halogens is 1. The maximum absolute atomic E-state index is 12.1. The minimum absolute atomic E-state index is 0.173. The van der Waals surface area contributed by atoms with E-state index < -0.39 is 0 Å². The number of amides is 2. The summed E-state index contributed by atoms with van der Waals surface area (Å²) >= 11 is 7.30. The molecule has 0 fully saturated rings. The third kappa shape index (κ3) is 5.55. The number of anilines is 2. The molecule has 3 aromatic rings. The molecule has 0 saturated carbocycles. The Kier molecular flexibility index (Phi) is 6.62. The largest absolute Gasteiger partial charge is 0.325 e. The fourth-order valence-corrected chi connectivity index (χ4v) is 3.04. The molecule has 28 heavy (non-hydrogen) atoms. The van der Waals surface area contributed by atoms with Crippen molar-refractivity contribution in [1.29, 1.82) is 0 Å². The maximum atomic E-state index is 12.1. The van der Waals surface area contributed by atoms with Crippen LogP contribution >= 0.6 is 23.4 Å². The lowest BCUT2D eigenvalue weighted by molar-refractivity contribution is -0.113. The molecule has 0 saturated heterocycles. The number of aromatic nitrogens is 2. The van der Waals surface area contributed by atoms with Crippen LogP contribution in [-0.2, 0) is 4.79 Å². The summed E-state index contributed by atoms with van der Waals surface area (Å²) < 4.78 is 0. The Hall–Kier alpha value is -2.90. The number of carbonyl (C=O) groups excluding carboxylic acids is 2. The van der Waals surface area contributed by atoms with Gasteiger partial charge in [0.05, 0.1) is 5.75 Å². The van der Waals surface area contributed by atoms with Crippen LogP contribution < -0.4 is 10.6 Å². The van der Waals surface area contributed by atoms with E-state index in [9.17, 15) is 9.59 Å². The van der Waals surface area contributed by atoms with Gasteiger partial charge in [-0.15, -0.1) is 10.2 Å². The van der Waals surface area contributed by atoms with E-state index in [0.29, 0.717) is 27.1 Å².